The first-order chi connectivity index (χ1) is 10.1. The van der Waals surface area contributed by atoms with Gasteiger partial charge in [0.15, 0.2) is 0 Å². The Morgan fingerprint density at radius 2 is 1.90 bits per heavy atom. The van der Waals surface area contributed by atoms with E-state index in [2.05, 4.69) is 17.4 Å². The van der Waals surface area contributed by atoms with E-state index in [0.29, 0.717) is 10.6 Å². The van der Waals surface area contributed by atoms with Crippen molar-refractivity contribution < 1.29 is 4.79 Å². The zero-order valence-corrected chi connectivity index (χ0v) is 12.4. The summed E-state index contributed by atoms with van der Waals surface area (Å²) >= 11 is 5.83. The summed E-state index contributed by atoms with van der Waals surface area (Å²) < 4.78 is 0. The Labute approximate surface area is 129 Å². The second-order valence-electron chi connectivity index (χ2n) is 5.45. The van der Waals surface area contributed by atoms with E-state index in [4.69, 9.17) is 17.3 Å². The Bertz CT molecular complexity index is 667. The summed E-state index contributed by atoms with van der Waals surface area (Å²) in [6.07, 6.45) is 2.89. The van der Waals surface area contributed by atoms with Gasteiger partial charge in [0, 0.05) is 22.3 Å². The van der Waals surface area contributed by atoms with Crippen LogP contribution in [0.15, 0.2) is 42.5 Å². The van der Waals surface area contributed by atoms with Crippen molar-refractivity contribution in [1.29, 1.82) is 0 Å². The van der Waals surface area contributed by atoms with Gasteiger partial charge in [-0.1, -0.05) is 17.7 Å². The van der Waals surface area contributed by atoms with Crippen LogP contribution >= 0.6 is 11.6 Å². The Kier molecular flexibility index (Phi) is 3.95. The van der Waals surface area contributed by atoms with Crippen LogP contribution in [-0.4, -0.2) is 11.9 Å². The SMILES string of the molecule is NC1CCc2cc(NC(=O)c3ccc(Cl)cc3)ccc2C1. The van der Waals surface area contributed by atoms with Crippen molar-refractivity contribution in [1.82, 2.24) is 0 Å². The summed E-state index contributed by atoms with van der Waals surface area (Å²) in [6.45, 7) is 0. The molecule has 0 heterocycles. The van der Waals surface area contributed by atoms with E-state index in [1.165, 1.54) is 11.1 Å². The van der Waals surface area contributed by atoms with Crippen molar-refractivity contribution in [2.45, 2.75) is 25.3 Å². The zero-order chi connectivity index (χ0) is 14.8. The molecule has 0 radical (unpaired) electrons. The first-order valence-electron chi connectivity index (χ1n) is 7.06. The number of anilines is 1. The Morgan fingerprint density at radius 1 is 1.14 bits per heavy atom. The molecule has 1 atom stereocenters. The fourth-order valence-electron chi connectivity index (χ4n) is 2.67. The lowest BCUT2D eigenvalue weighted by Gasteiger charge is -2.22. The average Bonchev–Trinajstić information content (AvgIpc) is 2.48. The molecule has 1 amide bonds. The second kappa shape index (κ2) is 5.88. The zero-order valence-electron chi connectivity index (χ0n) is 11.6. The number of amides is 1. The summed E-state index contributed by atoms with van der Waals surface area (Å²) in [5.74, 6) is -0.126. The second-order valence-corrected chi connectivity index (χ2v) is 5.88. The smallest absolute Gasteiger partial charge is 0.255 e. The van der Waals surface area contributed by atoms with Gasteiger partial charge in [0.1, 0.15) is 0 Å². The molecule has 0 saturated carbocycles. The number of aryl methyl sites for hydroxylation is 1. The van der Waals surface area contributed by atoms with Gasteiger partial charge in [-0.15, -0.1) is 0 Å². The minimum Gasteiger partial charge on any atom is -0.327 e. The number of hydrogen-bond acceptors (Lipinski definition) is 2. The van der Waals surface area contributed by atoms with Gasteiger partial charge in [-0.3, -0.25) is 4.79 Å². The third-order valence-corrected chi connectivity index (χ3v) is 4.09. The van der Waals surface area contributed by atoms with Crippen molar-refractivity contribution >= 4 is 23.2 Å². The van der Waals surface area contributed by atoms with Crippen LogP contribution in [0.25, 0.3) is 0 Å². The molecule has 3 nitrogen and oxygen atoms in total. The van der Waals surface area contributed by atoms with Crippen LogP contribution in [0, 0.1) is 0 Å². The van der Waals surface area contributed by atoms with Crippen molar-refractivity contribution in [3.05, 3.63) is 64.2 Å². The molecule has 0 spiro atoms. The fourth-order valence-corrected chi connectivity index (χ4v) is 2.79. The van der Waals surface area contributed by atoms with Crippen LogP contribution in [-0.2, 0) is 12.8 Å². The number of nitrogens with one attached hydrogen (secondary N) is 1. The number of carbonyl (C=O) groups is 1. The average molecular weight is 301 g/mol. The maximum Gasteiger partial charge on any atom is 0.255 e. The molecule has 108 valence electrons. The van der Waals surface area contributed by atoms with Gasteiger partial charge in [-0.2, -0.15) is 0 Å². The third kappa shape index (κ3) is 3.26. The molecule has 2 aromatic rings. The monoisotopic (exact) mass is 300 g/mol. The highest BCUT2D eigenvalue weighted by Crippen LogP contribution is 2.24. The van der Waals surface area contributed by atoms with Crippen molar-refractivity contribution in [3.8, 4) is 0 Å². The van der Waals surface area contributed by atoms with Crippen LogP contribution in [0.5, 0.6) is 0 Å². The molecule has 3 rings (SSSR count). The summed E-state index contributed by atoms with van der Waals surface area (Å²) in [5, 5.41) is 3.55. The number of benzene rings is 2. The molecule has 0 saturated heterocycles. The van der Waals surface area contributed by atoms with Crippen molar-refractivity contribution in [3.63, 3.8) is 0 Å². The molecule has 1 aliphatic carbocycles. The van der Waals surface area contributed by atoms with E-state index in [0.717, 1.165) is 24.9 Å². The maximum atomic E-state index is 12.2. The summed E-state index contributed by atoms with van der Waals surface area (Å²) in [4.78, 5) is 12.2. The first-order valence-corrected chi connectivity index (χ1v) is 7.44. The highest BCUT2D eigenvalue weighted by molar-refractivity contribution is 6.30. The molecular weight excluding hydrogens is 284 g/mol. The van der Waals surface area contributed by atoms with Crippen molar-refractivity contribution in [2.24, 2.45) is 5.73 Å². The van der Waals surface area contributed by atoms with Crippen LogP contribution in [0.3, 0.4) is 0 Å². The largest absolute Gasteiger partial charge is 0.327 e. The van der Waals surface area contributed by atoms with Crippen molar-refractivity contribution in [2.75, 3.05) is 5.32 Å². The van der Waals surface area contributed by atoms with Gasteiger partial charge in [-0.05, 0) is 66.8 Å². The number of halogens is 1. The van der Waals surface area contributed by atoms with E-state index in [-0.39, 0.29) is 11.9 Å². The Hall–Kier alpha value is -1.84. The molecule has 2 aromatic carbocycles. The standard InChI is InChI=1S/C17H17ClN2O/c18-14-5-1-11(2-6-14)17(21)20-16-8-4-12-9-15(19)7-3-13(12)10-16/h1-2,4-6,8,10,15H,3,7,9,19H2,(H,20,21). The third-order valence-electron chi connectivity index (χ3n) is 3.84. The van der Waals surface area contributed by atoms with Gasteiger partial charge in [0.25, 0.3) is 5.91 Å². The minimum absolute atomic E-state index is 0.126. The number of fused-ring (bicyclic) bond motifs is 1. The van der Waals surface area contributed by atoms with Crippen LogP contribution in [0.4, 0.5) is 5.69 Å². The predicted molar refractivity (Wildman–Crippen MR) is 85.8 cm³/mol. The van der Waals surface area contributed by atoms with E-state index in [9.17, 15) is 4.79 Å². The van der Waals surface area contributed by atoms with E-state index in [1.54, 1.807) is 24.3 Å². The number of rotatable bonds is 2. The molecule has 3 N–H and O–H groups in total. The normalized spacial score (nSPS) is 17.1. The summed E-state index contributed by atoms with van der Waals surface area (Å²) in [6, 6.07) is 13.2. The Morgan fingerprint density at radius 3 is 2.67 bits per heavy atom. The molecule has 0 aromatic heterocycles. The van der Waals surface area contributed by atoms with Gasteiger partial charge >= 0.3 is 0 Å². The number of carbonyl (C=O) groups excluding carboxylic acids is 1. The lowest BCUT2D eigenvalue weighted by Crippen LogP contribution is -2.27. The van der Waals surface area contributed by atoms with Crippen LogP contribution in [0.1, 0.15) is 27.9 Å². The highest BCUT2D eigenvalue weighted by Gasteiger charge is 2.16. The van der Waals surface area contributed by atoms with E-state index < -0.39 is 0 Å². The summed E-state index contributed by atoms with van der Waals surface area (Å²) in [7, 11) is 0. The van der Waals surface area contributed by atoms with Gasteiger partial charge in [-0.25, -0.2) is 0 Å². The fraction of sp³-hybridized carbons (Fsp3) is 0.235. The Balaban J connectivity index is 1.76. The molecule has 1 unspecified atom stereocenters. The molecule has 0 aliphatic heterocycles. The van der Waals surface area contributed by atoms with Crippen LogP contribution in [0.2, 0.25) is 5.02 Å². The summed E-state index contributed by atoms with van der Waals surface area (Å²) in [5.41, 5.74) is 9.97. The van der Waals surface area contributed by atoms with Gasteiger partial charge in [0.05, 0.1) is 0 Å². The highest BCUT2D eigenvalue weighted by atomic mass is 35.5. The van der Waals surface area contributed by atoms with E-state index >= 15 is 0 Å². The maximum absolute atomic E-state index is 12.2. The predicted octanol–water partition coefficient (Wildman–Crippen LogP) is 3.41. The van der Waals surface area contributed by atoms with Gasteiger partial charge in [0.2, 0.25) is 0 Å². The lowest BCUT2D eigenvalue weighted by molar-refractivity contribution is 0.102. The molecule has 21 heavy (non-hydrogen) atoms. The molecule has 4 heteroatoms. The molecule has 0 fully saturated rings. The van der Waals surface area contributed by atoms with Gasteiger partial charge < -0.3 is 11.1 Å². The quantitative estimate of drug-likeness (QED) is 0.893. The lowest BCUT2D eigenvalue weighted by atomic mass is 9.88. The topological polar surface area (TPSA) is 55.1 Å². The first kappa shape index (κ1) is 14.1. The molecular formula is C17H17ClN2O. The number of nitrogens with two attached hydrogens (primary N) is 1. The molecule has 1 aliphatic rings. The minimum atomic E-state index is -0.126. The van der Waals surface area contributed by atoms with E-state index in [1.807, 2.05) is 6.07 Å². The van der Waals surface area contributed by atoms with Crippen LogP contribution < -0.4 is 11.1 Å². The number of hydrogen-bond donors (Lipinski definition) is 2. The molecule has 0 bridgehead atoms.